The van der Waals surface area contributed by atoms with E-state index < -0.39 is 0 Å². The van der Waals surface area contributed by atoms with Gasteiger partial charge in [0.25, 0.3) is 0 Å². The van der Waals surface area contributed by atoms with Crippen LogP contribution in [0.2, 0.25) is 0 Å². The lowest BCUT2D eigenvalue weighted by atomic mass is 10.1. The molecule has 0 atom stereocenters. The number of hydrogen-bond acceptors (Lipinski definition) is 4. The van der Waals surface area contributed by atoms with Gasteiger partial charge in [0.2, 0.25) is 0 Å². The Morgan fingerprint density at radius 3 is 2.39 bits per heavy atom. The second kappa shape index (κ2) is 6.61. The van der Waals surface area contributed by atoms with E-state index in [4.69, 9.17) is 14.2 Å². The standard InChI is InChI=1S/C14H23NO3/c1-14(2,18-5)10-15-9-11-7-6-8-12(16-3)13(11)17-4/h6-8,15H,9-10H2,1-5H3. The van der Waals surface area contributed by atoms with Crippen LogP contribution in [0.15, 0.2) is 18.2 Å². The highest BCUT2D eigenvalue weighted by Crippen LogP contribution is 2.30. The number of methoxy groups -OCH3 is 3. The Labute approximate surface area is 109 Å². The predicted molar refractivity (Wildman–Crippen MR) is 72.3 cm³/mol. The number of rotatable bonds is 7. The zero-order chi connectivity index (χ0) is 13.6. The first-order valence-corrected chi connectivity index (χ1v) is 6.00. The van der Waals surface area contributed by atoms with Crippen LogP contribution in [0.5, 0.6) is 11.5 Å². The van der Waals surface area contributed by atoms with Gasteiger partial charge in [-0.3, -0.25) is 0 Å². The van der Waals surface area contributed by atoms with Crippen LogP contribution in [0.25, 0.3) is 0 Å². The van der Waals surface area contributed by atoms with Gasteiger partial charge in [-0.2, -0.15) is 0 Å². The van der Waals surface area contributed by atoms with Gasteiger partial charge in [0.1, 0.15) is 0 Å². The van der Waals surface area contributed by atoms with E-state index in [0.29, 0.717) is 6.54 Å². The van der Waals surface area contributed by atoms with Crippen LogP contribution < -0.4 is 14.8 Å². The van der Waals surface area contributed by atoms with Crippen molar-refractivity contribution in [3.05, 3.63) is 23.8 Å². The van der Waals surface area contributed by atoms with Crippen molar-refractivity contribution in [1.29, 1.82) is 0 Å². The summed E-state index contributed by atoms with van der Waals surface area (Å²) in [5.41, 5.74) is 0.898. The largest absolute Gasteiger partial charge is 0.493 e. The van der Waals surface area contributed by atoms with Crippen LogP contribution in [0.1, 0.15) is 19.4 Å². The van der Waals surface area contributed by atoms with E-state index in [1.807, 2.05) is 32.0 Å². The average Bonchev–Trinajstić information content (AvgIpc) is 2.38. The Balaban J connectivity index is 2.67. The molecule has 1 N–H and O–H groups in total. The Bertz CT molecular complexity index is 377. The molecular weight excluding hydrogens is 230 g/mol. The summed E-state index contributed by atoms with van der Waals surface area (Å²) >= 11 is 0. The van der Waals surface area contributed by atoms with Gasteiger partial charge in [0.05, 0.1) is 19.8 Å². The van der Waals surface area contributed by atoms with Crippen LogP contribution in [0, 0.1) is 0 Å². The molecule has 0 spiro atoms. The fraction of sp³-hybridized carbons (Fsp3) is 0.571. The van der Waals surface area contributed by atoms with Gasteiger partial charge >= 0.3 is 0 Å². The van der Waals surface area contributed by atoms with Gasteiger partial charge in [-0.15, -0.1) is 0 Å². The molecule has 0 aliphatic heterocycles. The van der Waals surface area contributed by atoms with Crippen molar-refractivity contribution in [3.8, 4) is 11.5 Å². The zero-order valence-corrected chi connectivity index (χ0v) is 11.9. The fourth-order valence-electron chi connectivity index (χ4n) is 1.66. The Hall–Kier alpha value is -1.26. The van der Waals surface area contributed by atoms with Crippen LogP contribution in [-0.2, 0) is 11.3 Å². The molecule has 0 radical (unpaired) electrons. The minimum Gasteiger partial charge on any atom is -0.493 e. The first-order valence-electron chi connectivity index (χ1n) is 6.00. The monoisotopic (exact) mass is 253 g/mol. The first-order chi connectivity index (χ1) is 8.54. The SMILES string of the molecule is COc1cccc(CNCC(C)(C)OC)c1OC. The Morgan fingerprint density at radius 1 is 1.11 bits per heavy atom. The molecular formula is C14H23NO3. The molecule has 0 fully saturated rings. The van der Waals surface area contributed by atoms with Gasteiger partial charge < -0.3 is 19.5 Å². The maximum Gasteiger partial charge on any atom is 0.165 e. The third-order valence-electron chi connectivity index (χ3n) is 2.90. The quantitative estimate of drug-likeness (QED) is 0.809. The molecule has 4 nitrogen and oxygen atoms in total. The molecule has 0 aliphatic carbocycles. The third-order valence-corrected chi connectivity index (χ3v) is 2.90. The van der Waals surface area contributed by atoms with E-state index in [1.165, 1.54) is 0 Å². The average molecular weight is 253 g/mol. The van der Waals surface area contributed by atoms with E-state index in [0.717, 1.165) is 23.6 Å². The molecule has 0 unspecified atom stereocenters. The Kier molecular flexibility index (Phi) is 5.44. The van der Waals surface area contributed by atoms with Crippen molar-refractivity contribution in [3.63, 3.8) is 0 Å². The van der Waals surface area contributed by atoms with Crippen LogP contribution in [-0.4, -0.2) is 33.5 Å². The van der Waals surface area contributed by atoms with Gasteiger partial charge in [-0.1, -0.05) is 12.1 Å². The van der Waals surface area contributed by atoms with Crippen LogP contribution >= 0.6 is 0 Å². The van der Waals surface area contributed by atoms with Crippen LogP contribution in [0.3, 0.4) is 0 Å². The lowest BCUT2D eigenvalue weighted by Gasteiger charge is -2.23. The molecule has 0 heterocycles. The molecule has 1 aromatic rings. The van der Waals surface area contributed by atoms with Gasteiger partial charge in [-0.25, -0.2) is 0 Å². The summed E-state index contributed by atoms with van der Waals surface area (Å²) in [7, 11) is 5.01. The van der Waals surface area contributed by atoms with E-state index >= 15 is 0 Å². The maximum atomic E-state index is 5.38. The molecule has 0 aromatic heterocycles. The number of hydrogen-bond donors (Lipinski definition) is 1. The molecule has 102 valence electrons. The highest BCUT2D eigenvalue weighted by molar-refractivity contribution is 5.46. The summed E-state index contributed by atoms with van der Waals surface area (Å²) in [5, 5.41) is 3.36. The zero-order valence-electron chi connectivity index (χ0n) is 11.9. The van der Waals surface area contributed by atoms with Crippen molar-refractivity contribution in [1.82, 2.24) is 5.32 Å². The molecule has 18 heavy (non-hydrogen) atoms. The summed E-state index contributed by atoms with van der Waals surface area (Å²) in [6.07, 6.45) is 0. The predicted octanol–water partition coefficient (Wildman–Crippen LogP) is 2.22. The number of benzene rings is 1. The van der Waals surface area contributed by atoms with Gasteiger partial charge in [-0.05, 0) is 19.9 Å². The molecule has 0 saturated carbocycles. The van der Waals surface area contributed by atoms with Crippen molar-refractivity contribution in [2.24, 2.45) is 0 Å². The van der Waals surface area contributed by atoms with Crippen molar-refractivity contribution >= 4 is 0 Å². The Morgan fingerprint density at radius 2 is 1.83 bits per heavy atom. The molecule has 0 amide bonds. The molecule has 0 bridgehead atoms. The first kappa shape index (κ1) is 14.8. The highest BCUT2D eigenvalue weighted by atomic mass is 16.5. The van der Waals surface area contributed by atoms with Crippen molar-refractivity contribution in [2.75, 3.05) is 27.9 Å². The van der Waals surface area contributed by atoms with E-state index in [9.17, 15) is 0 Å². The fourth-order valence-corrected chi connectivity index (χ4v) is 1.66. The summed E-state index contributed by atoms with van der Waals surface area (Å²) in [5.74, 6) is 1.53. The number of para-hydroxylation sites is 1. The maximum absolute atomic E-state index is 5.38. The lowest BCUT2D eigenvalue weighted by molar-refractivity contribution is 0.0230. The molecule has 0 saturated heterocycles. The number of nitrogens with one attached hydrogen (secondary N) is 1. The van der Waals surface area contributed by atoms with Gasteiger partial charge in [0, 0.05) is 25.8 Å². The van der Waals surface area contributed by atoms with Crippen molar-refractivity contribution < 1.29 is 14.2 Å². The second-order valence-corrected chi connectivity index (χ2v) is 4.72. The normalized spacial score (nSPS) is 11.4. The molecule has 0 aliphatic rings. The minimum absolute atomic E-state index is 0.175. The summed E-state index contributed by atoms with van der Waals surface area (Å²) < 4.78 is 16.0. The molecule has 1 aromatic carbocycles. The topological polar surface area (TPSA) is 39.7 Å². The molecule has 1 rings (SSSR count). The van der Waals surface area contributed by atoms with E-state index in [2.05, 4.69) is 5.32 Å². The summed E-state index contributed by atoms with van der Waals surface area (Å²) in [6, 6.07) is 5.87. The molecule has 4 heteroatoms. The summed E-state index contributed by atoms with van der Waals surface area (Å²) in [4.78, 5) is 0. The summed E-state index contributed by atoms with van der Waals surface area (Å²) in [6.45, 7) is 5.57. The number of ether oxygens (including phenoxy) is 3. The van der Waals surface area contributed by atoms with Crippen molar-refractivity contribution in [2.45, 2.75) is 26.0 Å². The highest BCUT2D eigenvalue weighted by Gasteiger charge is 2.16. The second-order valence-electron chi connectivity index (χ2n) is 4.72. The minimum atomic E-state index is -0.175. The van der Waals surface area contributed by atoms with E-state index in [-0.39, 0.29) is 5.60 Å². The van der Waals surface area contributed by atoms with Gasteiger partial charge in [0.15, 0.2) is 11.5 Å². The van der Waals surface area contributed by atoms with E-state index in [1.54, 1.807) is 21.3 Å². The lowest BCUT2D eigenvalue weighted by Crippen LogP contribution is -2.36. The van der Waals surface area contributed by atoms with Crippen LogP contribution in [0.4, 0.5) is 0 Å². The smallest absolute Gasteiger partial charge is 0.165 e. The third kappa shape index (κ3) is 3.89.